The minimum Gasteiger partial charge on any atom is -0.308 e. The van der Waals surface area contributed by atoms with Crippen LogP contribution in [0.1, 0.15) is 47.6 Å². The lowest BCUT2D eigenvalue weighted by atomic mass is 9.99. The molecule has 0 aliphatic rings. The first-order chi connectivity index (χ1) is 10.1. The van der Waals surface area contributed by atoms with Gasteiger partial charge in [-0.05, 0) is 51.8 Å². The molecule has 1 atom stereocenters. The summed E-state index contributed by atoms with van der Waals surface area (Å²) >= 11 is 0. The highest BCUT2D eigenvalue weighted by molar-refractivity contribution is 5.30. The fraction of sp³-hybridized carbons (Fsp3) is 0.444. The van der Waals surface area contributed by atoms with Gasteiger partial charge in [-0.25, -0.2) is 9.97 Å². The predicted octanol–water partition coefficient (Wildman–Crippen LogP) is 3.69. The normalized spacial score (nSPS) is 12.4. The third-order valence-electron chi connectivity index (χ3n) is 3.52. The van der Waals surface area contributed by atoms with Crippen LogP contribution < -0.4 is 5.32 Å². The number of aryl methyl sites for hydroxylation is 3. The van der Waals surface area contributed by atoms with Gasteiger partial charge in [0.05, 0.1) is 11.7 Å². The minimum atomic E-state index is 0.243. The summed E-state index contributed by atoms with van der Waals surface area (Å²) in [4.78, 5) is 8.79. The lowest BCUT2D eigenvalue weighted by Crippen LogP contribution is -2.25. The highest BCUT2D eigenvalue weighted by atomic mass is 15.0. The van der Waals surface area contributed by atoms with Crippen molar-refractivity contribution in [2.75, 3.05) is 6.54 Å². The van der Waals surface area contributed by atoms with Crippen molar-refractivity contribution in [3.63, 3.8) is 0 Å². The molecule has 21 heavy (non-hydrogen) atoms. The van der Waals surface area contributed by atoms with Crippen LogP contribution >= 0.6 is 0 Å². The number of benzene rings is 1. The number of rotatable bonds is 6. The summed E-state index contributed by atoms with van der Waals surface area (Å²) in [6.07, 6.45) is 3.92. The molecule has 1 aromatic carbocycles. The highest BCUT2D eigenvalue weighted by Crippen LogP contribution is 2.19. The molecule has 1 aromatic heterocycles. The first-order valence-corrected chi connectivity index (χ1v) is 7.68. The standard InChI is InChI=1S/C18H25N3/c1-5-7-20-18(17-6-8-19-15(4)21-17)12-16-10-13(2)9-14(3)11-16/h6,8-11,18,20H,5,7,12H2,1-4H3. The molecular formula is C18H25N3. The van der Waals surface area contributed by atoms with E-state index in [-0.39, 0.29) is 6.04 Å². The van der Waals surface area contributed by atoms with Crippen LogP contribution in [0.5, 0.6) is 0 Å². The molecule has 2 aromatic rings. The molecule has 0 aliphatic heterocycles. The Kier molecular flexibility index (Phi) is 5.45. The van der Waals surface area contributed by atoms with Crippen LogP contribution in [-0.4, -0.2) is 16.5 Å². The van der Waals surface area contributed by atoms with Crippen molar-refractivity contribution in [1.29, 1.82) is 0 Å². The van der Waals surface area contributed by atoms with Gasteiger partial charge < -0.3 is 5.32 Å². The molecule has 112 valence electrons. The lowest BCUT2D eigenvalue weighted by molar-refractivity contribution is 0.515. The summed E-state index contributed by atoms with van der Waals surface area (Å²) < 4.78 is 0. The van der Waals surface area contributed by atoms with Crippen LogP contribution in [0, 0.1) is 20.8 Å². The summed E-state index contributed by atoms with van der Waals surface area (Å²) in [5.41, 5.74) is 5.07. The SMILES string of the molecule is CCCNC(Cc1cc(C)cc(C)c1)c1ccnc(C)n1. The zero-order valence-electron chi connectivity index (χ0n) is 13.5. The van der Waals surface area contributed by atoms with Gasteiger partial charge in [0.2, 0.25) is 0 Å². The van der Waals surface area contributed by atoms with Gasteiger partial charge in [-0.1, -0.05) is 36.2 Å². The van der Waals surface area contributed by atoms with E-state index in [9.17, 15) is 0 Å². The summed E-state index contributed by atoms with van der Waals surface area (Å²) in [6.45, 7) is 9.43. The molecule has 2 rings (SSSR count). The number of hydrogen-bond acceptors (Lipinski definition) is 3. The fourth-order valence-corrected chi connectivity index (χ4v) is 2.69. The Hall–Kier alpha value is -1.74. The van der Waals surface area contributed by atoms with Crippen molar-refractivity contribution in [3.8, 4) is 0 Å². The maximum absolute atomic E-state index is 4.59. The van der Waals surface area contributed by atoms with E-state index in [1.54, 1.807) is 0 Å². The van der Waals surface area contributed by atoms with E-state index in [1.165, 1.54) is 16.7 Å². The number of nitrogens with zero attached hydrogens (tertiary/aromatic N) is 2. The van der Waals surface area contributed by atoms with Gasteiger partial charge in [-0.3, -0.25) is 0 Å². The molecule has 0 saturated heterocycles. The van der Waals surface area contributed by atoms with Crippen LogP contribution in [0.3, 0.4) is 0 Å². The smallest absolute Gasteiger partial charge is 0.125 e. The van der Waals surface area contributed by atoms with E-state index in [1.807, 2.05) is 19.2 Å². The third kappa shape index (κ3) is 4.64. The molecule has 0 radical (unpaired) electrons. The molecule has 0 spiro atoms. The van der Waals surface area contributed by atoms with Gasteiger partial charge in [-0.15, -0.1) is 0 Å². The van der Waals surface area contributed by atoms with Crippen LogP contribution in [0.4, 0.5) is 0 Å². The Bertz CT molecular complexity index is 573. The van der Waals surface area contributed by atoms with Crippen LogP contribution in [0.25, 0.3) is 0 Å². The Morgan fingerprint density at radius 3 is 2.43 bits per heavy atom. The number of hydrogen-bond donors (Lipinski definition) is 1. The van der Waals surface area contributed by atoms with E-state index in [0.29, 0.717) is 0 Å². The van der Waals surface area contributed by atoms with Crippen LogP contribution in [-0.2, 0) is 6.42 Å². The maximum atomic E-state index is 4.59. The molecule has 0 saturated carbocycles. The van der Waals surface area contributed by atoms with Crippen molar-refractivity contribution >= 4 is 0 Å². The Morgan fingerprint density at radius 2 is 1.81 bits per heavy atom. The minimum absolute atomic E-state index is 0.243. The van der Waals surface area contributed by atoms with Crippen molar-refractivity contribution in [1.82, 2.24) is 15.3 Å². The second-order valence-corrected chi connectivity index (χ2v) is 5.74. The van der Waals surface area contributed by atoms with E-state index in [2.05, 4.69) is 54.3 Å². The first kappa shape index (κ1) is 15.6. The zero-order chi connectivity index (χ0) is 15.2. The highest BCUT2D eigenvalue weighted by Gasteiger charge is 2.13. The Balaban J connectivity index is 2.23. The topological polar surface area (TPSA) is 37.8 Å². The van der Waals surface area contributed by atoms with E-state index >= 15 is 0 Å². The van der Waals surface area contributed by atoms with Gasteiger partial charge in [0, 0.05) is 6.20 Å². The van der Waals surface area contributed by atoms with Gasteiger partial charge >= 0.3 is 0 Å². The quantitative estimate of drug-likeness (QED) is 0.878. The van der Waals surface area contributed by atoms with Gasteiger partial charge in [0.15, 0.2) is 0 Å². The molecule has 3 nitrogen and oxygen atoms in total. The molecule has 0 fully saturated rings. The molecule has 1 heterocycles. The van der Waals surface area contributed by atoms with Gasteiger partial charge in [0.25, 0.3) is 0 Å². The van der Waals surface area contributed by atoms with E-state index < -0.39 is 0 Å². The largest absolute Gasteiger partial charge is 0.308 e. The molecule has 0 aliphatic carbocycles. The summed E-state index contributed by atoms with van der Waals surface area (Å²) in [7, 11) is 0. The summed E-state index contributed by atoms with van der Waals surface area (Å²) in [6, 6.07) is 9.01. The molecule has 3 heteroatoms. The number of nitrogens with one attached hydrogen (secondary N) is 1. The predicted molar refractivity (Wildman–Crippen MR) is 87.4 cm³/mol. The summed E-state index contributed by atoms with van der Waals surface area (Å²) in [5, 5.41) is 3.61. The summed E-state index contributed by atoms with van der Waals surface area (Å²) in [5.74, 6) is 0.830. The maximum Gasteiger partial charge on any atom is 0.125 e. The molecular weight excluding hydrogens is 258 g/mol. The van der Waals surface area contributed by atoms with Crippen molar-refractivity contribution in [3.05, 3.63) is 58.7 Å². The van der Waals surface area contributed by atoms with Crippen molar-refractivity contribution < 1.29 is 0 Å². The van der Waals surface area contributed by atoms with Crippen LogP contribution in [0.2, 0.25) is 0 Å². The second-order valence-electron chi connectivity index (χ2n) is 5.74. The first-order valence-electron chi connectivity index (χ1n) is 7.68. The molecule has 1 unspecified atom stereocenters. The van der Waals surface area contributed by atoms with Crippen molar-refractivity contribution in [2.24, 2.45) is 0 Å². The molecule has 0 amide bonds. The molecule has 1 N–H and O–H groups in total. The Morgan fingerprint density at radius 1 is 1.10 bits per heavy atom. The second kappa shape index (κ2) is 7.32. The fourth-order valence-electron chi connectivity index (χ4n) is 2.69. The number of aromatic nitrogens is 2. The average Bonchev–Trinajstić information content (AvgIpc) is 2.42. The average molecular weight is 283 g/mol. The van der Waals surface area contributed by atoms with E-state index in [4.69, 9.17) is 0 Å². The Labute approximate surface area is 127 Å². The van der Waals surface area contributed by atoms with Crippen molar-refractivity contribution in [2.45, 2.75) is 46.6 Å². The van der Waals surface area contributed by atoms with Crippen LogP contribution in [0.15, 0.2) is 30.5 Å². The van der Waals surface area contributed by atoms with E-state index in [0.717, 1.165) is 30.9 Å². The lowest BCUT2D eigenvalue weighted by Gasteiger charge is -2.19. The monoisotopic (exact) mass is 283 g/mol. The zero-order valence-corrected chi connectivity index (χ0v) is 13.5. The van der Waals surface area contributed by atoms with Gasteiger partial charge in [-0.2, -0.15) is 0 Å². The van der Waals surface area contributed by atoms with Gasteiger partial charge in [0.1, 0.15) is 5.82 Å². The molecule has 0 bridgehead atoms. The third-order valence-corrected chi connectivity index (χ3v) is 3.52.